The van der Waals surface area contributed by atoms with Crippen molar-refractivity contribution in [3.8, 4) is 0 Å². The molecule has 1 atom stereocenters. The first kappa shape index (κ1) is 14.5. The van der Waals surface area contributed by atoms with Crippen LogP contribution in [-0.4, -0.2) is 46.2 Å². The third kappa shape index (κ3) is 2.68. The first-order valence-corrected chi connectivity index (χ1v) is 7.72. The molecule has 0 bridgehead atoms. The maximum Gasteiger partial charge on any atom is 0.113 e. The number of rotatable bonds is 3. The summed E-state index contributed by atoms with van der Waals surface area (Å²) in [5.41, 5.74) is 4.66. The minimum Gasteiger partial charge on any atom is -0.379 e. The molecule has 0 N–H and O–H groups in total. The van der Waals surface area contributed by atoms with Gasteiger partial charge in [-0.15, -0.1) is 5.10 Å². The van der Waals surface area contributed by atoms with Gasteiger partial charge in [-0.25, -0.2) is 4.68 Å². The van der Waals surface area contributed by atoms with Crippen molar-refractivity contribution in [3.05, 3.63) is 23.3 Å². The van der Waals surface area contributed by atoms with E-state index in [1.807, 2.05) is 0 Å². The summed E-state index contributed by atoms with van der Waals surface area (Å²) >= 11 is 0. The van der Waals surface area contributed by atoms with Gasteiger partial charge in [-0.3, -0.25) is 4.90 Å². The van der Waals surface area contributed by atoms with Crippen LogP contribution in [0.2, 0.25) is 0 Å². The van der Waals surface area contributed by atoms with Gasteiger partial charge in [0.1, 0.15) is 11.7 Å². The minimum absolute atomic E-state index is 0.237. The van der Waals surface area contributed by atoms with Crippen molar-refractivity contribution in [3.63, 3.8) is 0 Å². The summed E-state index contributed by atoms with van der Waals surface area (Å²) < 4.78 is 7.58. The first-order valence-electron chi connectivity index (χ1n) is 7.72. The molecule has 0 spiro atoms. The van der Waals surface area contributed by atoms with Gasteiger partial charge in [0.2, 0.25) is 0 Å². The standard InChI is InChI=1S/C16H24N4O/c1-11(2)16(19-5-7-21-8-6-19)20-15-10-13(4)12(3)9-14(15)17-18-20/h9-11,16H,5-8H2,1-4H3. The molecule has 3 rings (SSSR count). The number of hydrogen-bond acceptors (Lipinski definition) is 4. The highest BCUT2D eigenvalue weighted by Gasteiger charge is 2.27. The van der Waals surface area contributed by atoms with Crippen molar-refractivity contribution < 1.29 is 4.74 Å². The highest BCUT2D eigenvalue weighted by molar-refractivity contribution is 5.76. The smallest absolute Gasteiger partial charge is 0.113 e. The van der Waals surface area contributed by atoms with Gasteiger partial charge in [-0.1, -0.05) is 19.1 Å². The van der Waals surface area contributed by atoms with Gasteiger partial charge in [0.05, 0.1) is 18.7 Å². The first-order chi connectivity index (χ1) is 10.1. The summed E-state index contributed by atoms with van der Waals surface area (Å²) in [6.45, 7) is 12.3. The summed E-state index contributed by atoms with van der Waals surface area (Å²) in [7, 11) is 0. The fourth-order valence-corrected chi connectivity index (χ4v) is 3.09. The number of hydrogen-bond donors (Lipinski definition) is 0. The molecule has 1 aliphatic rings. The van der Waals surface area contributed by atoms with Crippen LogP contribution in [0.4, 0.5) is 0 Å². The number of nitrogens with zero attached hydrogens (tertiary/aromatic N) is 4. The average molecular weight is 288 g/mol. The Morgan fingerprint density at radius 3 is 2.43 bits per heavy atom. The topological polar surface area (TPSA) is 43.2 Å². The average Bonchev–Trinajstić information content (AvgIpc) is 2.83. The van der Waals surface area contributed by atoms with E-state index < -0.39 is 0 Å². The molecular weight excluding hydrogens is 264 g/mol. The van der Waals surface area contributed by atoms with Gasteiger partial charge < -0.3 is 4.74 Å². The Bertz CT molecular complexity index is 628. The Kier molecular flexibility index (Phi) is 3.95. The third-order valence-corrected chi connectivity index (χ3v) is 4.35. The SMILES string of the molecule is Cc1cc2nnn(C(C(C)C)N3CCOCC3)c2cc1C. The molecule has 0 amide bonds. The lowest BCUT2D eigenvalue weighted by Gasteiger charge is -2.36. The van der Waals surface area contributed by atoms with E-state index in [9.17, 15) is 0 Å². The van der Waals surface area contributed by atoms with Crippen LogP contribution in [0.25, 0.3) is 11.0 Å². The van der Waals surface area contributed by atoms with Crippen molar-refractivity contribution in [1.82, 2.24) is 19.9 Å². The Labute approximate surface area is 125 Å². The predicted octanol–water partition coefficient (Wildman–Crippen LogP) is 2.53. The van der Waals surface area contributed by atoms with Gasteiger partial charge in [0.15, 0.2) is 0 Å². The number of fused-ring (bicyclic) bond motifs is 1. The van der Waals surface area contributed by atoms with Crippen molar-refractivity contribution >= 4 is 11.0 Å². The van der Waals surface area contributed by atoms with E-state index in [0.29, 0.717) is 5.92 Å². The van der Waals surface area contributed by atoms with E-state index in [1.165, 1.54) is 11.1 Å². The van der Waals surface area contributed by atoms with Crippen LogP contribution in [0.15, 0.2) is 12.1 Å². The minimum atomic E-state index is 0.237. The Balaban J connectivity index is 2.04. The van der Waals surface area contributed by atoms with Crippen LogP contribution < -0.4 is 0 Å². The molecule has 1 aromatic carbocycles. The van der Waals surface area contributed by atoms with Crippen molar-refractivity contribution in [1.29, 1.82) is 0 Å². The lowest BCUT2D eigenvalue weighted by molar-refractivity contribution is -0.0189. The van der Waals surface area contributed by atoms with Crippen LogP contribution in [0.3, 0.4) is 0 Å². The van der Waals surface area contributed by atoms with Gasteiger partial charge in [-0.2, -0.15) is 0 Å². The van der Waals surface area contributed by atoms with Crippen LogP contribution >= 0.6 is 0 Å². The Morgan fingerprint density at radius 2 is 1.76 bits per heavy atom. The molecule has 1 saturated heterocycles. The zero-order chi connectivity index (χ0) is 15.0. The van der Waals surface area contributed by atoms with Crippen molar-refractivity contribution in [2.24, 2.45) is 5.92 Å². The quantitative estimate of drug-likeness (QED) is 0.870. The maximum atomic E-state index is 5.48. The number of ether oxygens (including phenoxy) is 1. The molecule has 5 nitrogen and oxygen atoms in total. The monoisotopic (exact) mass is 288 g/mol. The van der Waals surface area contributed by atoms with Gasteiger partial charge in [0, 0.05) is 13.1 Å². The molecular formula is C16H24N4O. The highest BCUT2D eigenvalue weighted by Crippen LogP contribution is 2.27. The molecule has 1 unspecified atom stereocenters. The number of morpholine rings is 1. The van der Waals surface area contributed by atoms with Crippen molar-refractivity contribution in [2.45, 2.75) is 33.9 Å². The van der Waals surface area contributed by atoms with E-state index in [2.05, 4.69) is 59.7 Å². The number of aryl methyl sites for hydroxylation is 2. The van der Waals surface area contributed by atoms with E-state index in [1.54, 1.807) is 0 Å². The predicted molar refractivity (Wildman–Crippen MR) is 83.3 cm³/mol. The molecule has 114 valence electrons. The summed E-state index contributed by atoms with van der Waals surface area (Å²) in [5.74, 6) is 0.467. The van der Waals surface area contributed by atoms with E-state index in [4.69, 9.17) is 4.74 Å². The molecule has 1 fully saturated rings. The number of aromatic nitrogens is 3. The largest absolute Gasteiger partial charge is 0.379 e. The van der Waals surface area contributed by atoms with Crippen LogP contribution in [0.5, 0.6) is 0 Å². The molecule has 21 heavy (non-hydrogen) atoms. The van der Waals surface area contributed by atoms with Gasteiger partial charge in [0.25, 0.3) is 0 Å². The van der Waals surface area contributed by atoms with E-state index in [0.717, 1.165) is 37.3 Å². The van der Waals surface area contributed by atoms with Gasteiger partial charge >= 0.3 is 0 Å². The molecule has 2 heterocycles. The summed E-state index contributed by atoms with van der Waals surface area (Å²) in [6.07, 6.45) is 0.237. The lowest BCUT2D eigenvalue weighted by Crippen LogP contribution is -2.43. The second kappa shape index (κ2) is 5.73. The fourth-order valence-electron chi connectivity index (χ4n) is 3.09. The normalized spacial score (nSPS) is 18.5. The molecule has 2 aromatic rings. The Hall–Kier alpha value is -1.46. The molecule has 1 aromatic heterocycles. The second-order valence-electron chi connectivity index (χ2n) is 6.27. The third-order valence-electron chi connectivity index (χ3n) is 4.35. The molecule has 1 aliphatic heterocycles. The van der Waals surface area contributed by atoms with Crippen LogP contribution in [0, 0.1) is 19.8 Å². The molecule has 0 saturated carbocycles. The highest BCUT2D eigenvalue weighted by atomic mass is 16.5. The molecule has 0 aliphatic carbocycles. The van der Waals surface area contributed by atoms with E-state index in [-0.39, 0.29) is 6.17 Å². The zero-order valence-corrected chi connectivity index (χ0v) is 13.3. The summed E-state index contributed by atoms with van der Waals surface area (Å²) in [4.78, 5) is 2.46. The maximum absolute atomic E-state index is 5.48. The van der Waals surface area contributed by atoms with Gasteiger partial charge in [-0.05, 0) is 43.0 Å². The molecule has 0 radical (unpaired) electrons. The summed E-state index contributed by atoms with van der Waals surface area (Å²) in [6, 6.07) is 4.34. The zero-order valence-electron chi connectivity index (χ0n) is 13.3. The van der Waals surface area contributed by atoms with Crippen LogP contribution in [0.1, 0.15) is 31.1 Å². The van der Waals surface area contributed by atoms with E-state index >= 15 is 0 Å². The fraction of sp³-hybridized carbons (Fsp3) is 0.625. The second-order valence-corrected chi connectivity index (χ2v) is 6.27. The molecule has 5 heteroatoms. The summed E-state index contributed by atoms with van der Waals surface area (Å²) in [5, 5.41) is 8.83. The van der Waals surface area contributed by atoms with Crippen LogP contribution in [-0.2, 0) is 4.74 Å². The number of benzene rings is 1. The Morgan fingerprint density at radius 1 is 1.10 bits per heavy atom. The van der Waals surface area contributed by atoms with Crippen molar-refractivity contribution in [2.75, 3.05) is 26.3 Å². The lowest BCUT2D eigenvalue weighted by atomic mass is 10.1.